The monoisotopic (exact) mass is 322 g/mol. The van der Waals surface area contributed by atoms with Crippen LogP contribution in [0.2, 0.25) is 0 Å². The summed E-state index contributed by atoms with van der Waals surface area (Å²) in [5, 5.41) is 4.23. The molecule has 1 amide bonds. The van der Waals surface area contributed by atoms with E-state index in [1.807, 2.05) is 0 Å². The van der Waals surface area contributed by atoms with Gasteiger partial charge in [-0.25, -0.2) is 0 Å². The van der Waals surface area contributed by atoms with Crippen molar-refractivity contribution in [2.75, 3.05) is 39.4 Å². The van der Waals surface area contributed by atoms with Gasteiger partial charge in [0.25, 0.3) is 0 Å². The SMILES string of the molecule is O=C(CCc1ccsc1)N1CCCC[C@H]1CN1CCOCC1. The van der Waals surface area contributed by atoms with Crippen LogP contribution >= 0.6 is 11.3 Å². The number of nitrogens with zero attached hydrogens (tertiary/aromatic N) is 2. The zero-order valence-corrected chi connectivity index (χ0v) is 14.0. The molecule has 1 aromatic rings. The Morgan fingerprint density at radius 2 is 2.14 bits per heavy atom. The fourth-order valence-corrected chi connectivity index (χ4v) is 4.13. The Morgan fingerprint density at radius 3 is 2.91 bits per heavy atom. The molecule has 0 unspecified atom stereocenters. The molecule has 4 nitrogen and oxygen atoms in total. The molecule has 0 radical (unpaired) electrons. The topological polar surface area (TPSA) is 32.8 Å². The maximum absolute atomic E-state index is 12.6. The van der Waals surface area contributed by atoms with Crippen LogP contribution in [0.1, 0.15) is 31.2 Å². The summed E-state index contributed by atoms with van der Waals surface area (Å²) >= 11 is 1.71. The van der Waals surface area contributed by atoms with E-state index in [0.717, 1.165) is 58.7 Å². The number of aryl methyl sites for hydroxylation is 1. The third kappa shape index (κ3) is 4.31. The van der Waals surface area contributed by atoms with Crippen molar-refractivity contribution in [1.29, 1.82) is 0 Å². The summed E-state index contributed by atoms with van der Waals surface area (Å²) in [5.41, 5.74) is 1.29. The molecule has 122 valence electrons. The van der Waals surface area contributed by atoms with E-state index in [0.29, 0.717) is 18.4 Å². The minimum absolute atomic E-state index is 0.337. The Morgan fingerprint density at radius 1 is 1.27 bits per heavy atom. The summed E-state index contributed by atoms with van der Waals surface area (Å²) in [6.07, 6.45) is 5.09. The van der Waals surface area contributed by atoms with E-state index in [2.05, 4.69) is 26.6 Å². The average Bonchev–Trinajstić information content (AvgIpc) is 3.08. The lowest BCUT2D eigenvalue weighted by molar-refractivity contribution is -0.135. The van der Waals surface area contributed by atoms with Crippen LogP contribution < -0.4 is 0 Å². The van der Waals surface area contributed by atoms with E-state index >= 15 is 0 Å². The number of likely N-dealkylation sites (tertiary alicyclic amines) is 1. The number of piperidine rings is 1. The molecule has 0 N–H and O–H groups in total. The van der Waals surface area contributed by atoms with Crippen molar-refractivity contribution < 1.29 is 9.53 Å². The van der Waals surface area contributed by atoms with Crippen molar-refractivity contribution in [3.8, 4) is 0 Å². The first-order valence-corrected chi connectivity index (χ1v) is 9.38. The van der Waals surface area contributed by atoms with Crippen LogP contribution in [0.5, 0.6) is 0 Å². The number of ether oxygens (including phenoxy) is 1. The van der Waals surface area contributed by atoms with Gasteiger partial charge in [-0.05, 0) is 48.1 Å². The Hall–Kier alpha value is -0.910. The maximum Gasteiger partial charge on any atom is 0.223 e. The molecule has 1 atom stereocenters. The molecule has 0 spiro atoms. The van der Waals surface area contributed by atoms with Crippen molar-refractivity contribution >= 4 is 17.2 Å². The highest BCUT2D eigenvalue weighted by molar-refractivity contribution is 7.07. The molecule has 2 aliphatic rings. The van der Waals surface area contributed by atoms with Gasteiger partial charge in [-0.1, -0.05) is 0 Å². The van der Waals surface area contributed by atoms with Crippen LogP contribution in [0.3, 0.4) is 0 Å². The highest BCUT2D eigenvalue weighted by Crippen LogP contribution is 2.20. The minimum Gasteiger partial charge on any atom is -0.379 e. The number of rotatable bonds is 5. The lowest BCUT2D eigenvalue weighted by Gasteiger charge is -2.39. The van der Waals surface area contributed by atoms with Gasteiger partial charge >= 0.3 is 0 Å². The third-order valence-electron chi connectivity index (χ3n) is 4.73. The smallest absolute Gasteiger partial charge is 0.223 e. The van der Waals surface area contributed by atoms with Crippen LogP contribution in [-0.2, 0) is 16.0 Å². The van der Waals surface area contributed by atoms with Crippen molar-refractivity contribution in [2.45, 2.75) is 38.1 Å². The zero-order chi connectivity index (χ0) is 15.2. The second-order valence-corrected chi connectivity index (χ2v) is 7.06. The number of amides is 1. The number of hydrogen-bond acceptors (Lipinski definition) is 4. The molecule has 5 heteroatoms. The van der Waals surface area contributed by atoms with E-state index in [1.165, 1.54) is 12.0 Å². The van der Waals surface area contributed by atoms with Gasteiger partial charge in [0.1, 0.15) is 0 Å². The Kier molecular flexibility index (Phi) is 5.87. The van der Waals surface area contributed by atoms with Crippen molar-refractivity contribution in [3.63, 3.8) is 0 Å². The van der Waals surface area contributed by atoms with Crippen LogP contribution in [0.25, 0.3) is 0 Å². The minimum atomic E-state index is 0.337. The lowest BCUT2D eigenvalue weighted by Crippen LogP contribution is -2.51. The van der Waals surface area contributed by atoms with Crippen LogP contribution in [-0.4, -0.2) is 61.1 Å². The normalized spacial score (nSPS) is 23.6. The molecule has 1 aromatic heterocycles. The number of hydrogen-bond donors (Lipinski definition) is 0. The Bertz CT molecular complexity index is 457. The van der Waals surface area contributed by atoms with Gasteiger partial charge in [-0.3, -0.25) is 9.69 Å². The van der Waals surface area contributed by atoms with Gasteiger partial charge in [-0.2, -0.15) is 11.3 Å². The first kappa shape index (κ1) is 16.0. The van der Waals surface area contributed by atoms with Crippen LogP contribution in [0.15, 0.2) is 16.8 Å². The maximum atomic E-state index is 12.6. The van der Waals surface area contributed by atoms with E-state index in [-0.39, 0.29) is 0 Å². The zero-order valence-electron chi connectivity index (χ0n) is 13.2. The molecule has 0 aromatic carbocycles. The first-order valence-electron chi connectivity index (χ1n) is 8.43. The van der Waals surface area contributed by atoms with Gasteiger partial charge in [0.15, 0.2) is 0 Å². The Labute approximate surface area is 137 Å². The van der Waals surface area contributed by atoms with Gasteiger partial charge in [0.2, 0.25) is 5.91 Å². The molecule has 0 aliphatic carbocycles. The van der Waals surface area contributed by atoms with E-state index in [1.54, 1.807) is 11.3 Å². The molecule has 0 saturated carbocycles. The third-order valence-corrected chi connectivity index (χ3v) is 5.46. The quantitative estimate of drug-likeness (QED) is 0.834. The highest BCUT2D eigenvalue weighted by Gasteiger charge is 2.28. The molecule has 2 aliphatic heterocycles. The highest BCUT2D eigenvalue weighted by atomic mass is 32.1. The average molecular weight is 322 g/mol. The summed E-state index contributed by atoms with van der Waals surface area (Å²) in [4.78, 5) is 17.2. The lowest BCUT2D eigenvalue weighted by atomic mass is 10.00. The predicted octanol–water partition coefficient (Wildman–Crippen LogP) is 2.39. The van der Waals surface area contributed by atoms with Gasteiger partial charge in [0.05, 0.1) is 13.2 Å². The van der Waals surface area contributed by atoms with Crippen LogP contribution in [0.4, 0.5) is 0 Å². The second kappa shape index (κ2) is 8.09. The van der Waals surface area contributed by atoms with Crippen molar-refractivity contribution in [2.24, 2.45) is 0 Å². The summed E-state index contributed by atoms with van der Waals surface area (Å²) in [6, 6.07) is 2.53. The standard InChI is InChI=1S/C17H26N2O2S/c20-17(5-4-15-6-12-22-14-15)19-7-2-1-3-16(19)13-18-8-10-21-11-9-18/h6,12,14,16H,1-5,7-11,13H2/t16-/m0/s1. The van der Waals surface area contributed by atoms with Crippen molar-refractivity contribution in [1.82, 2.24) is 9.80 Å². The molecular weight excluding hydrogens is 296 g/mol. The predicted molar refractivity (Wildman–Crippen MR) is 89.3 cm³/mol. The van der Waals surface area contributed by atoms with Gasteiger partial charge < -0.3 is 9.64 Å². The second-order valence-electron chi connectivity index (χ2n) is 6.28. The van der Waals surface area contributed by atoms with Crippen LogP contribution in [0, 0.1) is 0 Å². The molecule has 2 saturated heterocycles. The number of carbonyl (C=O) groups excluding carboxylic acids is 1. The fraction of sp³-hybridized carbons (Fsp3) is 0.706. The van der Waals surface area contributed by atoms with Gasteiger partial charge in [0, 0.05) is 38.6 Å². The molecule has 0 bridgehead atoms. The molecule has 22 heavy (non-hydrogen) atoms. The summed E-state index contributed by atoms with van der Waals surface area (Å²) < 4.78 is 5.42. The largest absolute Gasteiger partial charge is 0.379 e. The molecule has 2 fully saturated rings. The summed E-state index contributed by atoms with van der Waals surface area (Å²) in [5.74, 6) is 0.337. The number of thiophene rings is 1. The van der Waals surface area contributed by atoms with E-state index < -0.39 is 0 Å². The van der Waals surface area contributed by atoms with Crippen molar-refractivity contribution in [3.05, 3.63) is 22.4 Å². The summed E-state index contributed by atoms with van der Waals surface area (Å²) in [6.45, 7) is 5.64. The molecular formula is C17H26N2O2S. The Balaban J connectivity index is 1.52. The van der Waals surface area contributed by atoms with E-state index in [9.17, 15) is 4.79 Å². The molecule has 3 rings (SSSR count). The summed E-state index contributed by atoms with van der Waals surface area (Å²) in [7, 11) is 0. The fourth-order valence-electron chi connectivity index (χ4n) is 3.43. The number of carbonyl (C=O) groups is 1. The molecule has 3 heterocycles. The van der Waals surface area contributed by atoms with E-state index in [4.69, 9.17) is 4.74 Å². The number of morpholine rings is 1. The van der Waals surface area contributed by atoms with Gasteiger partial charge in [-0.15, -0.1) is 0 Å². The first-order chi connectivity index (χ1) is 10.8.